The van der Waals surface area contributed by atoms with Gasteiger partial charge in [0.05, 0.1) is 24.4 Å². The summed E-state index contributed by atoms with van der Waals surface area (Å²) in [6, 6.07) is 11.0. The normalized spacial score (nSPS) is 24.5. The van der Waals surface area contributed by atoms with Gasteiger partial charge in [-0.1, -0.05) is 0 Å². The van der Waals surface area contributed by atoms with Gasteiger partial charge < -0.3 is 19.5 Å². The number of piperidine rings is 1. The van der Waals surface area contributed by atoms with Crippen molar-refractivity contribution >= 4 is 11.6 Å². The predicted octanol–water partition coefficient (Wildman–Crippen LogP) is 3.08. The molecule has 2 aromatic rings. The number of carbonyl (C=O) groups excluding carboxylic acids is 1. The smallest absolute Gasteiger partial charge is 0.238 e. The molecule has 0 bridgehead atoms. The minimum atomic E-state index is -0.161. The van der Waals surface area contributed by atoms with E-state index in [4.69, 9.17) is 14.2 Å². The molecule has 2 atom stereocenters. The van der Waals surface area contributed by atoms with Gasteiger partial charge in [0.1, 0.15) is 11.5 Å². The second-order valence-corrected chi connectivity index (χ2v) is 7.59. The lowest BCUT2D eigenvalue weighted by Gasteiger charge is -2.44. The fourth-order valence-corrected chi connectivity index (χ4v) is 4.16. The minimum Gasteiger partial charge on any atom is -0.456 e. The van der Waals surface area contributed by atoms with Gasteiger partial charge in [-0.15, -0.1) is 0 Å². The third-order valence-electron chi connectivity index (χ3n) is 5.66. The molecule has 0 radical (unpaired) electrons. The van der Waals surface area contributed by atoms with E-state index in [1.165, 1.54) is 0 Å². The van der Waals surface area contributed by atoms with E-state index >= 15 is 0 Å². The van der Waals surface area contributed by atoms with Crippen LogP contribution < -0.4 is 10.1 Å². The van der Waals surface area contributed by atoms with Crippen molar-refractivity contribution in [3.05, 3.63) is 48.8 Å². The second kappa shape index (κ2) is 8.90. The highest BCUT2D eigenvalue weighted by Gasteiger charge is 2.46. The van der Waals surface area contributed by atoms with Gasteiger partial charge >= 0.3 is 0 Å². The summed E-state index contributed by atoms with van der Waals surface area (Å²) in [5.74, 6) is 1.33. The van der Waals surface area contributed by atoms with Gasteiger partial charge in [0, 0.05) is 38.7 Å². The summed E-state index contributed by atoms with van der Waals surface area (Å²) >= 11 is 0. The first-order valence-electron chi connectivity index (χ1n) is 10.0. The van der Waals surface area contributed by atoms with Crippen LogP contribution in [0.2, 0.25) is 0 Å². The number of rotatable bonds is 6. The summed E-state index contributed by atoms with van der Waals surface area (Å²) in [6.45, 7) is 2.69. The number of hydrogen-bond acceptors (Lipinski definition) is 6. The topological polar surface area (TPSA) is 72.9 Å². The van der Waals surface area contributed by atoms with Crippen LogP contribution in [0.15, 0.2) is 48.8 Å². The summed E-state index contributed by atoms with van der Waals surface area (Å²) in [5.41, 5.74) is 0.579. The third-order valence-corrected chi connectivity index (χ3v) is 5.66. The van der Waals surface area contributed by atoms with Crippen molar-refractivity contribution in [2.24, 2.45) is 0 Å². The van der Waals surface area contributed by atoms with E-state index in [-0.39, 0.29) is 17.6 Å². The molecule has 2 aliphatic rings. The summed E-state index contributed by atoms with van der Waals surface area (Å²) in [5, 5.41) is 2.95. The molecule has 3 heterocycles. The minimum absolute atomic E-state index is 0.00968. The van der Waals surface area contributed by atoms with Gasteiger partial charge in [0.15, 0.2) is 0 Å². The maximum Gasteiger partial charge on any atom is 0.238 e. The first kappa shape index (κ1) is 19.8. The number of nitrogens with zero attached hydrogens (tertiary/aromatic N) is 2. The quantitative estimate of drug-likeness (QED) is 0.808. The van der Waals surface area contributed by atoms with Crippen LogP contribution in [0.25, 0.3) is 0 Å². The Kier molecular flexibility index (Phi) is 6.08. The summed E-state index contributed by atoms with van der Waals surface area (Å²) in [6.07, 6.45) is 6.39. The Balaban J connectivity index is 1.28. The third kappa shape index (κ3) is 4.75. The lowest BCUT2D eigenvalue weighted by molar-refractivity contribution is -0.145. The van der Waals surface area contributed by atoms with Gasteiger partial charge in [-0.25, -0.2) is 0 Å². The molecule has 0 aliphatic carbocycles. The molecule has 1 aromatic heterocycles. The summed E-state index contributed by atoms with van der Waals surface area (Å²) in [4.78, 5) is 18.7. The molecular formula is C22H27N3O4. The van der Waals surface area contributed by atoms with Crippen molar-refractivity contribution in [3.63, 3.8) is 0 Å². The zero-order valence-electron chi connectivity index (χ0n) is 16.7. The van der Waals surface area contributed by atoms with E-state index in [0.29, 0.717) is 24.6 Å². The number of likely N-dealkylation sites (tertiary alicyclic amines) is 1. The highest BCUT2D eigenvalue weighted by molar-refractivity contribution is 5.92. The first-order valence-corrected chi connectivity index (χ1v) is 10.0. The van der Waals surface area contributed by atoms with Crippen LogP contribution in [0.4, 0.5) is 5.69 Å². The molecule has 1 amide bonds. The first-order chi connectivity index (χ1) is 14.2. The van der Waals surface area contributed by atoms with Crippen LogP contribution in [0, 0.1) is 0 Å². The SMILES string of the molecule is CO[C@H]1CN(CC(=O)Nc2ccc(Oc3cccnc3)cc2)CC[C@@]12CCCO2. The Bertz CT molecular complexity index is 807. The molecule has 0 saturated carbocycles. The van der Waals surface area contributed by atoms with Crippen LogP contribution in [-0.2, 0) is 14.3 Å². The van der Waals surface area contributed by atoms with Crippen molar-refractivity contribution in [2.45, 2.75) is 31.0 Å². The number of hydrogen-bond donors (Lipinski definition) is 1. The molecule has 4 rings (SSSR count). The fourth-order valence-electron chi connectivity index (χ4n) is 4.16. The molecule has 154 valence electrons. The van der Waals surface area contributed by atoms with Crippen molar-refractivity contribution < 1.29 is 19.0 Å². The van der Waals surface area contributed by atoms with E-state index in [2.05, 4.69) is 15.2 Å². The number of nitrogens with one attached hydrogen (secondary N) is 1. The van der Waals surface area contributed by atoms with Crippen LogP contribution in [-0.4, -0.2) is 60.8 Å². The number of anilines is 1. The van der Waals surface area contributed by atoms with Crippen molar-refractivity contribution in [3.8, 4) is 11.5 Å². The molecule has 29 heavy (non-hydrogen) atoms. The Labute approximate surface area is 171 Å². The molecule has 2 saturated heterocycles. The average Bonchev–Trinajstić information content (AvgIpc) is 3.21. The van der Waals surface area contributed by atoms with E-state index < -0.39 is 0 Å². The number of carbonyl (C=O) groups is 1. The highest BCUT2D eigenvalue weighted by Crippen LogP contribution is 2.37. The number of amides is 1. The molecule has 7 heteroatoms. The van der Waals surface area contributed by atoms with Crippen LogP contribution in [0.5, 0.6) is 11.5 Å². The summed E-state index contributed by atoms with van der Waals surface area (Å²) < 4.78 is 17.4. The monoisotopic (exact) mass is 397 g/mol. The highest BCUT2D eigenvalue weighted by atomic mass is 16.5. The van der Waals surface area contributed by atoms with Gasteiger partial charge in [-0.3, -0.25) is 14.7 Å². The lowest BCUT2D eigenvalue weighted by Crippen LogP contribution is -2.57. The van der Waals surface area contributed by atoms with Gasteiger partial charge in [-0.05, 0) is 55.7 Å². The summed E-state index contributed by atoms with van der Waals surface area (Å²) in [7, 11) is 1.73. The van der Waals surface area contributed by atoms with E-state index in [0.717, 1.165) is 38.1 Å². The van der Waals surface area contributed by atoms with Gasteiger partial charge in [0.25, 0.3) is 0 Å². The second-order valence-electron chi connectivity index (χ2n) is 7.59. The number of benzene rings is 1. The van der Waals surface area contributed by atoms with Crippen LogP contribution in [0.1, 0.15) is 19.3 Å². The van der Waals surface area contributed by atoms with Crippen LogP contribution in [0.3, 0.4) is 0 Å². The number of ether oxygens (including phenoxy) is 3. The number of pyridine rings is 1. The molecule has 0 unspecified atom stereocenters. The maximum absolute atomic E-state index is 12.5. The largest absolute Gasteiger partial charge is 0.456 e. The van der Waals surface area contributed by atoms with Crippen molar-refractivity contribution in [1.29, 1.82) is 0 Å². The van der Waals surface area contributed by atoms with Gasteiger partial charge in [-0.2, -0.15) is 0 Å². The zero-order chi connectivity index (χ0) is 20.1. The molecule has 1 N–H and O–H groups in total. The Morgan fingerprint density at radius 3 is 2.83 bits per heavy atom. The van der Waals surface area contributed by atoms with Crippen LogP contribution >= 0.6 is 0 Å². The standard InChI is InChI=1S/C22H27N3O4/c1-27-20-15-25(12-10-22(20)9-3-13-28-22)16-21(26)24-17-5-7-18(8-6-17)29-19-4-2-11-23-14-19/h2,4-8,11,14,20H,3,9-10,12-13,15-16H2,1H3,(H,24,26)/t20-,22-/m0/s1. The Morgan fingerprint density at radius 1 is 1.28 bits per heavy atom. The molecule has 2 fully saturated rings. The average molecular weight is 397 g/mol. The molecule has 1 aromatic carbocycles. The molecule has 2 aliphatic heterocycles. The Hall–Kier alpha value is -2.48. The fraction of sp³-hybridized carbons (Fsp3) is 0.455. The number of methoxy groups -OCH3 is 1. The van der Waals surface area contributed by atoms with E-state index in [1.807, 2.05) is 36.4 Å². The lowest BCUT2D eigenvalue weighted by atomic mass is 9.86. The predicted molar refractivity (Wildman–Crippen MR) is 109 cm³/mol. The van der Waals surface area contributed by atoms with E-state index in [9.17, 15) is 4.79 Å². The Morgan fingerprint density at radius 2 is 2.14 bits per heavy atom. The maximum atomic E-state index is 12.5. The zero-order valence-corrected chi connectivity index (χ0v) is 16.7. The number of aromatic nitrogens is 1. The van der Waals surface area contributed by atoms with Crippen molar-refractivity contribution in [1.82, 2.24) is 9.88 Å². The van der Waals surface area contributed by atoms with Gasteiger partial charge in [0.2, 0.25) is 5.91 Å². The molecular weight excluding hydrogens is 370 g/mol. The molecule has 7 nitrogen and oxygen atoms in total. The molecule has 1 spiro atoms. The van der Waals surface area contributed by atoms with Crippen molar-refractivity contribution in [2.75, 3.05) is 38.7 Å². The van der Waals surface area contributed by atoms with E-state index in [1.54, 1.807) is 19.5 Å².